The molecule has 17 heavy (non-hydrogen) atoms. The molecule has 0 aliphatic carbocycles. The zero-order valence-corrected chi connectivity index (χ0v) is 8.96. The molecule has 86 valence electrons. The fourth-order valence-electron chi connectivity index (χ4n) is 1.40. The molecule has 0 bridgehead atoms. The standard InChI is InChI=1S/C13H11NO3/c14-10-3-1-9(2-4-10)12-7-5-11(17-12)6-8-13(15)16/h1-8H,14H2,(H,15,16)/b8-6+. The van der Waals surface area contributed by atoms with Crippen LogP contribution < -0.4 is 5.73 Å². The molecule has 1 aromatic heterocycles. The fourth-order valence-corrected chi connectivity index (χ4v) is 1.40. The summed E-state index contributed by atoms with van der Waals surface area (Å²) in [5.41, 5.74) is 7.17. The lowest BCUT2D eigenvalue weighted by Gasteiger charge is -1.97. The summed E-state index contributed by atoms with van der Waals surface area (Å²) in [6.07, 6.45) is 2.44. The van der Waals surface area contributed by atoms with Crippen LogP contribution in [0.15, 0.2) is 46.9 Å². The summed E-state index contributed by atoms with van der Waals surface area (Å²) < 4.78 is 5.47. The normalized spacial score (nSPS) is 10.8. The number of hydrogen-bond donors (Lipinski definition) is 2. The van der Waals surface area contributed by atoms with Crippen molar-refractivity contribution in [1.29, 1.82) is 0 Å². The van der Waals surface area contributed by atoms with Crippen LogP contribution in [0.25, 0.3) is 17.4 Å². The third-order valence-electron chi connectivity index (χ3n) is 2.21. The Morgan fingerprint density at radius 2 is 1.88 bits per heavy atom. The summed E-state index contributed by atoms with van der Waals surface area (Å²) in [6.45, 7) is 0. The molecule has 2 aromatic rings. The molecular formula is C13H11NO3. The number of furan rings is 1. The van der Waals surface area contributed by atoms with Crippen molar-refractivity contribution in [2.75, 3.05) is 5.73 Å². The minimum atomic E-state index is -1.00. The molecule has 0 spiro atoms. The van der Waals surface area contributed by atoms with E-state index in [0.717, 1.165) is 11.6 Å². The SMILES string of the molecule is Nc1ccc(-c2ccc(/C=C/C(=O)O)o2)cc1. The summed E-state index contributed by atoms with van der Waals surface area (Å²) in [4.78, 5) is 10.3. The van der Waals surface area contributed by atoms with Crippen molar-refractivity contribution in [2.24, 2.45) is 0 Å². The van der Waals surface area contributed by atoms with Crippen molar-refractivity contribution < 1.29 is 14.3 Å². The van der Waals surface area contributed by atoms with E-state index in [2.05, 4.69) is 0 Å². The lowest BCUT2D eigenvalue weighted by atomic mass is 10.1. The highest BCUT2D eigenvalue weighted by molar-refractivity contribution is 5.84. The summed E-state index contributed by atoms with van der Waals surface area (Å²) in [5.74, 6) is 0.171. The second kappa shape index (κ2) is 4.57. The lowest BCUT2D eigenvalue weighted by Crippen LogP contribution is -1.84. The number of nitrogen functional groups attached to an aromatic ring is 1. The highest BCUT2D eigenvalue weighted by atomic mass is 16.4. The van der Waals surface area contributed by atoms with Gasteiger partial charge in [-0.25, -0.2) is 4.79 Å². The number of aliphatic carboxylic acids is 1. The van der Waals surface area contributed by atoms with Gasteiger partial charge in [0, 0.05) is 17.3 Å². The van der Waals surface area contributed by atoms with Crippen LogP contribution in [-0.2, 0) is 4.79 Å². The number of carboxylic acids is 1. The van der Waals surface area contributed by atoms with Gasteiger partial charge in [-0.2, -0.15) is 0 Å². The minimum absolute atomic E-state index is 0.499. The highest BCUT2D eigenvalue weighted by Crippen LogP contribution is 2.23. The molecule has 3 N–H and O–H groups in total. The smallest absolute Gasteiger partial charge is 0.328 e. The van der Waals surface area contributed by atoms with Crippen LogP contribution in [0.2, 0.25) is 0 Å². The number of carboxylic acid groups (broad SMARTS) is 1. The van der Waals surface area contributed by atoms with Crippen molar-refractivity contribution >= 4 is 17.7 Å². The van der Waals surface area contributed by atoms with Gasteiger partial charge in [0.15, 0.2) is 0 Å². The molecule has 0 atom stereocenters. The van der Waals surface area contributed by atoms with E-state index in [9.17, 15) is 4.79 Å². The van der Waals surface area contributed by atoms with Crippen molar-refractivity contribution in [3.05, 3.63) is 48.2 Å². The zero-order chi connectivity index (χ0) is 12.3. The quantitative estimate of drug-likeness (QED) is 0.626. The van der Waals surface area contributed by atoms with Gasteiger partial charge in [-0.1, -0.05) is 0 Å². The maximum absolute atomic E-state index is 10.3. The largest absolute Gasteiger partial charge is 0.478 e. The minimum Gasteiger partial charge on any atom is -0.478 e. The topological polar surface area (TPSA) is 76.5 Å². The maximum Gasteiger partial charge on any atom is 0.328 e. The summed E-state index contributed by atoms with van der Waals surface area (Å²) in [7, 11) is 0. The van der Waals surface area contributed by atoms with E-state index >= 15 is 0 Å². The number of nitrogens with two attached hydrogens (primary N) is 1. The van der Waals surface area contributed by atoms with Gasteiger partial charge in [-0.05, 0) is 42.5 Å². The molecule has 0 unspecified atom stereocenters. The van der Waals surface area contributed by atoms with Crippen LogP contribution in [0.3, 0.4) is 0 Å². The molecule has 1 heterocycles. The second-order valence-electron chi connectivity index (χ2n) is 3.50. The molecule has 0 aliphatic rings. The van der Waals surface area contributed by atoms with Crippen LogP contribution in [0.4, 0.5) is 5.69 Å². The van der Waals surface area contributed by atoms with Gasteiger partial charge < -0.3 is 15.3 Å². The molecule has 4 heteroatoms. The second-order valence-corrected chi connectivity index (χ2v) is 3.50. The lowest BCUT2D eigenvalue weighted by molar-refractivity contribution is -0.131. The Morgan fingerprint density at radius 3 is 2.53 bits per heavy atom. The molecule has 4 nitrogen and oxygen atoms in total. The van der Waals surface area contributed by atoms with E-state index < -0.39 is 5.97 Å². The molecule has 0 amide bonds. The third-order valence-corrected chi connectivity index (χ3v) is 2.21. The molecular weight excluding hydrogens is 218 g/mol. The van der Waals surface area contributed by atoms with Gasteiger partial charge in [-0.15, -0.1) is 0 Å². The van der Waals surface area contributed by atoms with E-state index in [-0.39, 0.29) is 0 Å². The molecule has 2 rings (SSSR count). The summed E-state index contributed by atoms with van der Waals surface area (Å²) >= 11 is 0. The van der Waals surface area contributed by atoms with Crippen LogP contribution in [0.1, 0.15) is 5.76 Å². The molecule has 0 saturated carbocycles. The van der Waals surface area contributed by atoms with Gasteiger partial charge in [0.2, 0.25) is 0 Å². The average molecular weight is 229 g/mol. The van der Waals surface area contributed by atoms with Crippen molar-refractivity contribution in [3.63, 3.8) is 0 Å². The third kappa shape index (κ3) is 2.75. The number of anilines is 1. The first-order valence-electron chi connectivity index (χ1n) is 5.02. The van der Waals surface area contributed by atoms with Gasteiger partial charge in [0.05, 0.1) is 0 Å². The van der Waals surface area contributed by atoms with Crippen molar-refractivity contribution in [1.82, 2.24) is 0 Å². The van der Waals surface area contributed by atoms with Gasteiger partial charge in [0.1, 0.15) is 11.5 Å². The Morgan fingerprint density at radius 1 is 1.18 bits per heavy atom. The first kappa shape index (κ1) is 11.0. The Hall–Kier alpha value is -2.49. The van der Waals surface area contributed by atoms with E-state index in [1.54, 1.807) is 24.3 Å². The summed E-state index contributed by atoms with van der Waals surface area (Å²) in [5, 5.41) is 8.49. The number of rotatable bonds is 3. The Kier molecular flexibility index (Phi) is 2.96. The van der Waals surface area contributed by atoms with Crippen LogP contribution in [0, 0.1) is 0 Å². The summed E-state index contributed by atoms with van der Waals surface area (Å²) in [6, 6.07) is 10.8. The van der Waals surface area contributed by atoms with E-state index in [1.165, 1.54) is 6.08 Å². The van der Waals surface area contributed by atoms with E-state index in [1.807, 2.05) is 12.1 Å². The molecule has 0 aliphatic heterocycles. The van der Waals surface area contributed by atoms with E-state index in [4.69, 9.17) is 15.3 Å². The molecule has 0 fully saturated rings. The molecule has 1 aromatic carbocycles. The number of benzene rings is 1. The Balaban J connectivity index is 2.23. The average Bonchev–Trinajstić information content (AvgIpc) is 2.76. The highest BCUT2D eigenvalue weighted by Gasteiger charge is 2.02. The fraction of sp³-hybridized carbons (Fsp3) is 0. The maximum atomic E-state index is 10.3. The number of hydrogen-bond acceptors (Lipinski definition) is 3. The predicted molar refractivity (Wildman–Crippen MR) is 65.2 cm³/mol. The Labute approximate surface area is 98.0 Å². The van der Waals surface area contributed by atoms with Gasteiger partial charge in [-0.3, -0.25) is 0 Å². The van der Waals surface area contributed by atoms with Crippen LogP contribution >= 0.6 is 0 Å². The van der Waals surface area contributed by atoms with E-state index in [0.29, 0.717) is 17.2 Å². The zero-order valence-electron chi connectivity index (χ0n) is 8.96. The first-order chi connectivity index (χ1) is 8.15. The first-order valence-corrected chi connectivity index (χ1v) is 5.02. The predicted octanol–water partition coefficient (Wildman–Crippen LogP) is 2.63. The van der Waals surface area contributed by atoms with Gasteiger partial charge >= 0.3 is 5.97 Å². The molecule has 0 radical (unpaired) electrons. The Bertz CT molecular complexity index is 552. The van der Waals surface area contributed by atoms with Crippen molar-refractivity contribution in [2.45, 2.75) is 0 Å². The monoisotopic (exact) mass is 229 g/mol. The van der Waals surface area contributed by atoms with Crippen LogP contribution in [-0.4, -0.2) is 11.1 Å². The number of carbonyl (C=O) groups is 1. The van der Waals surface area contributed by atoms with Crippen LogP contribution in [0.5, 0.6) is 0 Å². The molecule has 0 saturated heterocycles. The van der Waals surface area contributed by atoms with Gasteiger partial charge in [0.25, 0.3) is 0 Å². The van der Waals surface area contributed by atoms with Crippen molar-refractivity contribution in [3.8, 4) is 11.3 Å².